The molecule has 0 radical (unpaired) electrons. The van der Waals surface area contributed by atoms with Crippen molar-refractivity contribution in [1.29, 1.82) is 0 Å². The van der Waals surface area contributed by atoms with Gasteiger partial charge >= 0.3 is 5.97 Å². The highest BCUT2D eigenvalue weighted by Gasteiger charge is 2.32. The van der Waals surface area contributed by atoms with Gasteiger partial charge in [-0.1, -0.05) is 30.3 Å². The van der Waals surface area contributed by atoms with E-state index in [4.69, 9.17) is 4.74 Å². The van der Waals surface area contributed by atoms with Crippen molar-refractivity contribution in [2.75, 3.05) is 26.2 Å². The topological polar surface area (TPSA) is 49.8 Å². The minimum atomic E-state index is -0.905. The number of nitrogens with zero attached hydrogens (tertiary/aromatic N) is 1. The van der Waals surface area contributed by atoms with Crippen LogP contribution in [0.1, 0.15) is 32.3 Å². The third-order valence-electron chi connectivity index (χ3n) is 4.05. The van der Waals surface area contributed by atoms with Gasteiger partial charge in [-0.2, -0.15) is 0 Å². The molecule has 21 heavy (non-hydrogen) atoms. The number of ether oxygens (including phenoxy) is 1. The minimum Gasteiger partial charge on any atom is -0.466 e. The summed E-state index contributed by atoms with van der Waals surface area (Å²) in [5.74, 6) is -0.174. The first-order chi connectivity index (χ1) is 10.0. The van der Waals surface area contributed by atoms with Crippen LogP contribution in [0.4, 0.5) is 0 Å². The molecule has 0 amide bonds. The molecule has 0 aromatic heterocycles. The molecule has 4 nitrogen and oxygen atoms in total. The first-order valence-corrected chi connectivity index (χ1v) is 7.70. The largest absolute Gasteiger partial charge is 0.466 e. The Kier molecular flexibility index (Phi) is 5.37. The lowest BCUT2D eigenvalue weighted by Gasteiger charge is -2.36. The van der Waals surface area contributed by atoms with Crippen LogP contribution in [0.2, 0.25) is 0 Å². The van der Waals surface area contributed by atoms with Gasteiger partial charge in [0.05, 0.1) is 18.1 Å². The second kappa shape index (κ2) is 7.05. The van der Waals surface area contributed by atoms with E-state index in [2.05, 4.69) is 4.90 Å². The van der Waals surface area contributed by atoms with Crippen molar-refractivity contribution in [3.05, 3.63) is 35.9 Å². The van der Waals surface area contributed by atoms with Crippen molar-refractivity contribution in [3.63, 3.8) is 0 Å². The second-order valence-electron chi connectivity index (χ2n) is 5.97. The van der Waals surface area contributed by atoms with Gasteiger partial charge in [-0.3, -0.25) is 9.69 Å². The van der Waals surface area contributed by atoms with Gasteiger partial charge in [0.15, 0.2) is 0 Å². The van der Waals surface area contributed by atoms with E-state index < -0.39 is 5.60 Å². The van der Waals surface area contributed by atoms with E-state index in [0.717, 1.165) is 24.9 Å². The summed E-state index contributed by atoms with van der Waals surface area (Å²) < 4.78 is 5.12. The van der Waals surface area contributed by atoms with Gasteiger partial charge in [0.25, 0.3) is 0 Å². The van der Waals surface area contributed by atoms with Gasteiger partial charge < -0.3 is 9.84 Å². The Hall–Kier alpha value is -1.39. The van der Waals surface area contributed by atoms with Crippen LogP contribution < -0.4 is 0 Å². The van der Waals surface area contributed by atoms with Gasteiger partial charge in [0, 0.05) is 13.1 Å². The molecular formula is C17H25NO3. The molecule has 1 fully saturated rings. The number of hydrogen-bond donors (Lipinski definition) is 1. The Bertz CT molecular complexity index is 458. The van der Waals surface area contributed by atoms with Crippen LogP contribution in [0.3, 0.4) is 0 Å². The molecule has 0 aliphatic carbocycles. The van der Waals surface area contributed by atoms with Gasteiger partial charge in [-0.05, 0) is 38.8 Å². The standard InChI is InChI=1S/C17H25NO3/c1-3-21-16(19)14-8-7-11-18(12-14)13-17(2,20)15-9-5-4-6-10-15/h4-6,9-10,14,20H,3,7-8,11-13H2,1-2H3/t14-,17?/m0/s1. The number of carbonyl (C=O) groups is 1. The van der Waals surface area contributed by atoms with Crippen molar-refractivity contribution >= 4 is 5.97 Å². The summed E-state index contributed by atoms with van der Waals surface area (Å²) in [7, 11) is 0. The van der Waals surface area contributed by atoms with E-state index in [0.29, 0.717) is 19.7 Å². The van der Waals surface area contributed by atoms with Crippen LogP contribution >= 0.6 is 0 Å². The van der Waals surface area contributed by atoms with Crippen LogP contribution in [0.15, 0.2) is 30.3 Å². The predicted octanol–water partition coefficient (Wildman–Crippen LogP) is 2.17. The Labute approximate surface area is 126 Å². The number of rotatable bonds is 5. The maximum Gasteiger partial charge on any atom is 0.310 e. The molecule has 0 bridgehead atoms. The maximum absolute atomic E-state index is 11.9. The lowest BCUT2D eigenvalue weighted by Crippen LogP contribution is -2.45. The van der Waals surface area contributed by atoms with Crippen molar-refractivity contribution < 1.29 is 14.6 Å². The van der Waals surface area contributed by atoms with Crippen LogP contribution in [0.5, 0.6) is 0 Å². The highest BCUT2D eigenvalue weighted by Crippen LogP contribution is 2.25. The fourth-order valence-electron chi connectivity index (χ4n) is 2.98. The fourth-order valence-corrected chi connectivity index (χ4v) is 2.98. The Balaban J connectivity index is 1.97. The number of hydrogen-bond acceptors (Lipinski definition) is 4. The molecular weight excluding hydrogens is 266 g/mol. The van der Waals surface area contributed by atoms with Crippen LogP contribution in [0.25, 0.3) is 0 Å². The number of carbonyl (C=O) groups excluding carboxylic acids is 1. The Morgan fingerprint density at radius 3 is 2.81 bits per heavy atom. The Morgan fingerprint density at radius 1 is 1.43 bits per heavy atom. The molecule has 4 heteroatoms. The van der Waals surface area contributed by atoms with E-state index in [1.54, 1.807) is 0 Å². The summed E-state index contributed by atoms with van der Waals surface area (Å²) >= 11 is 0. The van der Waals surface area contributed by atoms with Crippen LogP contribution in [-0.2, 0) is 15.1 Å². The molecule has 2 rings (SSSR count). The number of benzene rings is 1. The zero-order valence-electron chi connectivity index (χ0n) is 12.9. The number of esters is 1. The Morgan fingerprint density at radius 2 is 2.14 bits per heavy atom. The first kappa shape index (κ1) is 16.0. The van der Waals surface area contributed by atoms with E-state index in [1.807, 2.05) is 44.2 Å². The summed E-state index contributed by atoms with van der Waals surface area (Å²) in [6.45, 7) is 6.21. The quantitative estimate of drug-likeness (QED) is 0.845. The maximum atomic E-state index is 11.9. The normalized spacial score (nSPS) is 22.5. The summed E-state index contributed by atoms with van der Waals surface area (Å²) in [6, 6.07) is 9.68. The van der Waals surface area contributed by atoms with Crippen LogP contribution in [0, 0.1) is 5.92 Å². The molecule has 1 aliphatic rings. The lowest BCUT2D eigenvalue weighted by molar-refractivity contribution is -0.150. The summed E-state index contributed by atoms with van der Waals surface area (Å²) in [5, 5.41) is 10.7. The highest BCUT2D eigenvalue weighted by molar-refractivity contribution is 5.72. The first-order valence-electron chi connectivity index (χ1n) is 7.70. The molecule has 1 aromatic rings. The SMILES string of the molecule is CCOC(=O)[C@H]1CCCN(CC(C)(O)c2ccccc2)C1. The van der Waals surface area contributed by atoms with Gasteiger partial charge in [-0.25, -0.2) is 0 Å². The molecule has 116 valence electrons. The van der Waals surface area contributed by atoms with Crippen LogP contribution in [-0.4, -0.2) is 42.2 Å². The summed E-state index contributed by atoms with van der Waals surface area (Å²) in [6.07, 6.45) is 1.84. The van der Waals surface area contributed by atoms with Crippen molar-refractivity contribution in [2.45, 2.75) is 32.3 Å². The zero-order chi connectivity index (χ0) is 15.3. The summed E-state index contributed by atoms with van der Waals surface area (Å²) in [5.41, 5.74) is 0.000845. The molecule has 1 N–H and O–H groups in total. The van der Waals surface area contributed by atoms with Crippen molar-refractivity contribution in [3.8, 4) is 0 Å². The average Bonchev–Trinajstić information content (AvgIpc) is 2.48. The molecule has 0 saturated carbocycles. The predicted molar refractivity (Wildman–Crippen MR) is 81.8 cm³/mol. The van der Waals surface area contributed by atoms with E-state index in [9.17, 15) is 9.90 Å². The van der Waals surface area contributed by atoms with E-state index in [-0.39, 0.29) is 11.9 Å². The molecule has 1 saturated heterocycles. The second-order valence-corrected chi connectivity index (χ2v) is 5.97. The van der Waals surface area contributed by atoms with Gasteiger partial charge in [-0.15, -0.1) is 0 Å². The number of aliphatic hydroxyl groups is 1. The van der Waals surface area contributed by atoms with Gasteiger partial charge in [0.1, 0.15) is 0 Å². The molecule has 1 heterocycles. The average molecular weight is 291 g/mol. The molecule has 2 atom stereocenters. The van der Waals surface area contributed by atoms with E-state index in [1.165, 1.54) is 0 Å². The smallest absolute Gasteiger partial charge is 0.310 e. The fraction of sp³-hybridized carbons (Fsp3) is 0.588. The van der Waals surface area contributed by atoms with Gasteiger partial charge in [0.2, 0.25) is 0 Å². The number of likely N-dealkylation sites (tertiary alicyclic amines) is 1. The molecule has 0 spiro atoms. The number of piperidine rings is 1. The molecule has 1 unspecified atom stereocenters. The molecule has 1 aromatic carbocycles. The minimum absolute atomic E-state index is 0.0646. The third-order valence-corrected chi connectivity index (χ3v) is 4.05. The number of β-amino-alcohol motifs (C(OH)–C–C–N with tert-alkyl or cyclic N) is 1. The summed E-state index contributed by atoms with van der Waals surface area (Å²) in [4.78, 5) is 14.0. The zero-order valence-corrected chi connectivity index (χ0v) is 12.9. The van der Waals surface area contributed by atoms with E-state index >= 15 is 0 Å². The van der Waals surface area contributed by atoms with Crippen molar-refractivity contribution in [2.24, 2.45) is 5.92 Å². The highest BCUT2D eigenvalue weighted by atomic mass is 16.5. The molecule has 1 aliphatic heterocycles. The monoisotopic (exact) mass is 291 g/mol. The third kappa shape index (κ3) is 4.29. The van der Waals surface area contributed by atoms with Crippen molar-refractivity contribution in [1.82, 2.24) is 4.90 Å². The lowest BCUT2D eigenvalue weighted by atomic mass is 9.92.